The maximum absolute atomic E-state index is 14.8. The molecular weight excluding hydrogens is 723 g/mol. The monoisotopic (exact) mass is 746 g/mol. The first kappa shape index (κ1) is 36.2. The SMILES string of the molecule is CN1C(O)(O)C(O)(O)C(O)(C(O)(O)Oc2cc3ncnc(Nc4c(O)c(O)c(Br)c(O)c4F)c3cc2OC(O)(O)O)C(O)(O)C1(O)O. The lowest BCUT2D eigenvalue weighted by Crippen LogP contribution is -2.97. The smallest absolute Gasteiger partial charge is 0.453 e. The quantitative estimate of drug-likeness (QED) is 0.0607. The van der Waals surface area contributed by atoms with Gasteiger partial charge in [0.15, 0.2) is 34.6 Å². The van der Waals surface area contributed by atoms with Crippen LogP contribution in [0, 0.1) is 5.82 Å². The van der Waals surface area contributed by atoms with Crippen LogP contribution >= 0.6 is 15.9 Å². The Hall–Kier alpha value is -3.61. The number of hydrogen-bond donors (Lipinski definition) is 18. The summed E-state index contributed by atoms with van der Waals surface area (Å²) in [7, 11) is 0.214. The van der Waals surface area contributed by atoms with Crippen molar-refractivity contribution >= 4 is 38.3 Å². The number of aromatic hydroxyl groups is 3. The average Bonchev–Trinajstić information content (AvgIpc) is 2.94. The summed E-state index contributed by atoms with van der Waals surface area (Å²) in [6.07, 6.45) is -3.52. The maximum Gasteiger partial charge on any atom is 0.453 e. The molecule has 1 fully saturated rings. The van der Waals surface area contributed by atoms with Gasteiger partial charge in [0, 0.05) is 11.5 Å². The second kappa shape index (κ2) is 10.7. The summed E-state index contributed by atoms with van der Waals surface area (Å²) in [6, 6.07) is 0.937. The highest BCUT2D eigenvalue weighted by Gasteiger charge is 2.90. The van der Waals surface area contributed by atoms with Crippen LogP contribution in [0.5, 0.6) is 28.7 Å². The van der Waals surface area contributed by atoms with E-state index in [1.807, 2.05) is 0 Å². The number of likely N-dealkylation sites (tertiary alicyclic amines) is 1. The third-order valence-electron chi connectivity index (χ3n) is 7.10. The lowest BCUT2D eigenvalue weighted by molar-refractivity contribution is -0.627. The van der Waals surface area contributed by atoms with Gasteiger partial charge in [-0.15, -0.1) is 0 Å². The molecule has 18 N–H and O–H groups in total. The molecule has 1 saturated heterocycles. The van der Waals surface area contributed by atoms with Crippen molar-refractivity contribution in [3.8, 4) is 28.7 Å². The molecule has 47 heavy (non-hydrogen) atoms. The van der Waals surface area contributed by atoms with Crippen molar-refractivity contribution in [3.63, 3.8) is 0 Å². The van der Waals surface area contributed by atoms with Crippen LogP contribution in [0.25, 0.3) is 10.9 Å². The summed E-state index contributed by atoms with van der Waals surface area (Å²) in [5.41, 5.74) is -6.82. The molecule has 0 spiro atoms. The molecular formula is C22H24BrFN4O19. The molecule has 2 aromatic carbocycles. The van der Waals surface area contributed by atoms with Gasteiger partial charge in [-0.1, -0.05) is 0 Å². The zero-order valence-electron chi connectivity index (χ0n) is 22.7. The highest BCUT2D eigenvalue weighted by Crippen LogP contribution is 2.54. The minimum atomic E-state index is -5.27. The third kappa shape index (κ3) is 5.02. The molecule has 25 heteroatoms. The van der Waals surface area contributed by atoms with Gasteiger partial charge >= 0.3 is 12.1 Å². The Balaban J connectivity index is 1.93. The van der Waals surface area contributed by atoms with Crippen LogP contribution in [-0.2, 0) is 0 Å². The third-order valence-corrected chi connectivity index (χ3v) is 7.85. The zero-order chi connectivity index (χ0) is 36.1. The van der Waals surface area contributed by atoms with E-state index in [1.165, 1.54) is 0 Å². The molecule has 0 aliphatic carbocycles. The van der Waals surface area contributed by atoms with E-state index in [-0.39, 0.29) is 7.05 Å². The second-order valence-electron chi connectivity index (χ2n) is 9.98. The summed E-state index contributed by atoms with van der Waals surface area (Å²) in [6.45, 7) is 0. The van der Waals surface area contributed by atoms with Crippen LogP contribution in [0.1, 0.15) is 0 Å². The molecule has 0 unspecified atom stereocenters. The maximum atomic E-state index is 14.8. The molecule has 3 aromatic rings. The number of phenolic OH excluding ortho intramolecular Hbond substituents is 3. The van der Waals surface area contributed by atoms with E-state index in [4.69, 9.17) is 0 Å². The van der Waals surface area contributed by atoms with Gasteiger partial charge in [-0.25, -0.2) is 14.4 Å². The molecule has 1 aromatic heterocycles. The number of nitrogens with one attached hydrogen (secondary N) is 1. The van der Waals surface area contributed by atoms with Crippen molar-refractivity contribution in [1.82, 2.24) is 14.9 Å². The minimum Gasteiger partial charge on any atom is -0.504 e. The number of hydrogen-bond acceptors (Lipinski definition) is 23. The van der Waals surface area contributed by atoms with E-state index in [2.05, 4.69) is 40.7 Å². The molecule has 0 amide bonds. The molecule has 2 heterocycles. The number of benzene rings is 2. The molecule has 1 aliphatic heterocycles. The number of piperidine rings is 1. The van der Waals surface area contributed by atoms with Crippen LogP contribution in [0.3, 0.4) is 0 Å². The predicted molar refractivity (Wildman–Crippen MR) is 141 cm³/mol. The first-order valence-corrected chi connectivity index (χ1v) is 12.8. The number of rotatable bonds is 7. The average molecular weight is 747 g/mol. The van der Waals surface area contributed by atoms with Gasteiger partial charge in [0.25, 0.3) is 29.0 Å². The number of ether oxygens (including phenoxy) is 2. The number of phenols is 3. The Labute approximate surface area is 265 Å². The van der Waals surface area contributed by atoms with Crippen molar-refractivity contribution in [2.75, 3.05) is 12.4 Å². The van der Waals surface area contributed by atoms with E-state index in [1.54, 1.807) is 0 Å². The predicted octanol–water partition coefficient (Wildman–Crippen LogP) is -6.31. The van der Waals surface area contributed by atoms with Gasteiger partial charge in [0.05, 0.1) is 5.52 Å². The van der Waals surface area contributed by atoms with E-state index in [0.29, 0.717) is 18.5 Å². The van der Waals surface area contributed by atoms with Crippen molar-refractivity contribution in [3.05, 3.63) is 28.7 Å². The first-order chi connectivity index (χ1) is 21.1. The molecule has 4 rings (SSSR count). The van der Waals surface area contributed by atoms with Gasteiger partial charge < -0.3 is 102 Å². The van der Waals surface area contributed by atoms with Crippen LogP contribution < -0.4 is 14.8 Å². The fourth-order valence-electron chi connectivity index (χ4n) is 4.45. The second-order valence-corrected chi connectivity index (χ2v) is 10.8. The van der Waals surface area contributed by atoms with Gasteiger partial charge in [0.2, 0.25) is 0 Å². The molecule has 1 aliphatic rings. The van der Waals surface area contributed by atoms with Crippen LogP contribution in [0.15, 0.2) is 22.9 Å². The molecule has 23 nitrogen and oxygen atoms in total. The molecule has 0 radical (unpaired) electrons. The van der Waals surface area contributed by atoms with E-state index >= 15 is 0 Å². The number of aliphatic hydroxyl groups is 14. The summed E-state index contributed by atoms with van der Waals surface area (Å²) >= 11 is 2.64. The minimum absolute atomic E-state index is 0.214. The zero-order valence-corrected chi connectivity index (χ0v) is 24.3. The Morgan fingerprint density at radius 1 is 0.787 bits per heavy atom. The van der Waals surface area contributed by atoms with Gasteiger partial charge in [-0.3, -0.25) is 0 Å². The van der Waals surface area contributed by atoms with Crippen molar-refractivity contribution in [1.29, 1.82) is 0 Å². The van der Waals surface area contributed by atoms with Gasteiger partial charge in [-0.2, -0.15) is 4.90 Å². The Morgan fingerprint density at radius 2 is 1.30 bits per heavy atom. The first-order valence-electron chi connectivity index (χ1n) is 12.0. The summed E-state index contributed by atoms with van der Waals surface area (Å²) < 4.78 is 23.1. The fourth-order valence-corrected chi connectivity index (χ4v) is 4.81. The van der Waals surface area contributed by atoms with E-state index < -0.39 is 107 Å². The van der Waals surface area contributed by atoms with Crippen molar-refractivity contribution in [2.45, 2.75) is 41.1 Å². The van der Waals surface area contributed by atoms with Crippen molar-refractivity contribution in [2.24, 2.45) is 0 Å². The topological polar surface area (TPSA) is 403 Å². The molecule has 0 atom stereocenters. The van der Waals surface area contributed by atoms with Crippen LogP contribution in [0.4, 0.5) is 15.9 Å². The van der Waals surface area contributed by atoms with Crippen molar-refractivity contribution < 1.29 is 101 Å². The van der Waals surface area contributed by atoms with Crippen LogP contribution in [0.2, 0.25) is 0 Å². The summed E-state index contributed by atoms with van der Waals surface area (Å²) in [4.78, 5) is 6.69. The number of anilines is 2. The van der Waals surface area contributed by atoms with E-state index in [0.717, 1.165) is 0 Å². The number of aromatic nitrogens is 2. The number of likely N-dealkylation sites (N-methyl/N-ethyl adjacent to an activating group) is 1. The molecule has 0 bridgehead atoms. The Bertz CT molecular complexity index is 1690. The van der Waals surface area contributed by atoms with Gasteiger partial charge in [0.1, 0.15) is 22.3 Å². The largest absolute Gasteiger partial charge is 0.504 e. The van der Waals surface area contributed by atoms with E-state index in [9.17, 15) is 91.2 Å². The Kier molecular flexibility index (Phi) is 8.25. The summed E-state index contributed by atoms with van der Waals surface area (Å²) in [5.74, 6) is -32.8. The highest BCUT2D eigenvalue weighted by molar-refractivity contribution is 9.10. The standard InChI is InChI=1S/C22H24BrFN4O19/c1-28-19(37,38)17(33,34)16(32,18(35,36)20(28,39)40)21(41,42)46-8-3-6-5(2-7(8)47-22(43,44)45)15(26-4-25-6)27-11-10(24)12(29)9(23)13(30)14(11)31/h2-4,29-45H,1H3,(H,25,26,27). The number of halogens is 2. The molecule has 0 saturated carbocycles. The Morgan fingerprint density at radius 3 is 1.81 bits per heavy atom. The lowest BCUT2D eigenvalue weighted by Gasteiger charge is -2.63. The van der Waals surface area contributed by atoms with Gasteiger partial charge in [-0.05, 0) is 29.0 Å². The number of fused-ring (bicyclic) bond motifs is 1. The fraction of sp³-hybridized carbons (Fsp3) is 0.364. The summed E-state index contributed by atoms with van der Waals surface area (Å²) in [5, 5.41) is 175. The number of nitrogens with zero attached hydrogens (tertiary/aromatic N) is 3. The van der Waals surface area contributed by atoms with Crippen LogP contribution in [-0.4, -0.2) is 150 Å². The molecule has 260 valence electrons. The highest BCUT2D eigenvalue weighted by atomic mass is 79.9. The normalized spacial score (nSPS) is 20.2. The lowest BCUT2D eigenvalue weighted by atomic mass is 9.73.